The summed E-state index contributed by atoms with van der Waals surface area (Å²) in [5.41, 5.74) is -0.749. The van der Waals surface area contributed by atoms with Gasteiger partial charge in [0.05, 0.1) is 20.4 Å². The van der Waals surface area contributed by atoms with E-state index in [9.17, 15) is 17.2 Å². The highest BCUT2D eigenvalue weighted by atomic mass is 32.2. The molecular weight excluding hydrogens is 258 g/mol. The lowest BCUT2D eigenvalue weighted by Gasteiger charge is -2.13. The molecular formula is C8H10F2N2O4S. The summed E-state index contributed by atoms with van der Waals surface area (Å²) >= 11 is 0. The van der Waals surface area contributed by atoms with Crippen LogP contribution in [0.3, 0.4) is 0 Å². The summed E-state index contributed by atoms with van der Waals surface area (Å²) in [5, 5.41) is 4.86. The number of hydrogen-bond donors (Lipinski definition) is 1. The molecule has 96 valence electrons. The Balaban J connectivity index is 3.64. The predicted molar refractivity (Wildman–Crippen MR) is 53.7 cm³/mol. The molecule has 0 bridgehead atoms. The molecule has 0 aromatic carbocycles. The molecule has 0 unspecified atom stereocenters. The van der Waals surface area contributed by atoms with Gasteiger partial charge in [0, 0.05) is 0 Å². The second kappa shape index (κ2) is 4.80. The van der Waals surface area contributed by atoms with Crippen molar-refractivity contribution in [3.63, 3.8) is 0 Å². The van der Waals surface area contributed by atoms with Crippen molar-refractivity contribution in [1.29, 1.82) is 0 Å². The lowest BCUT2D eigenvalue weighted by Crippen LogP contribution is -2.15. The number of hydrogen-bond acceptors (Lipinski definition) is 5. The van der Waals surface area contributed by atoms with Gasteiger partial charge in [-0.25, -0.2) is 27.3 Å². The average molecular weight is 268 g/mol. The predicted octanol–water partition coefficient (Wildman–Crippen LogP) is 0.684. The van der Waals surface area contributed by atoms with Crippen LogP contribution in [-0.4, -0.2) is 27.6 Å². The van der Waals surface area contributed by atoms with Gasteiger partial charge in [-0.15, -0.1) is 0 Å². The number of pyridine rings is 1. The first-order chi connectivity index (χ1) is 7.82. The molecule has 0 radical (unpaired) electrons. The van der Waals surface area contributed by atoms with Gasteiger partial charge in [0.25, 0.3) is 6.43 Å². The quantitative estimate of drug-likeness (QED) is 0.867. The van der Waals surface area contributed by atoms with Crippen molar-refractivity contribution >= 4 is 10.0 Å². The molecule has 0 amide bonds. The number of primary sulfonamides is 1. The van der Waals surface area contributed by atoms with Gasteiger partial charge in [0.2, 0.25) is 15.9 Å². The Morgan fingerprint density at radius 3 is 2.29 bits per heavy atom. The summed E-state index contributed by atoms with van der Waals surface area (Å²) in [6.07, 6.45) is -2.20. The number of rotatable bonds is 4. The van der Waals surface area contributed by atoms with Crippen LogP contribution in [0.1, 0.15) is 12.0 Å². The van der Waals surface area contributed by atoms with E-state index in [-0.39, 0.29) is 0 Å². The number of ether oxygens (including phenoxy) is 2. The summed E-state index contributed by atoms with van der Waals surface area (Å²) in [6.45, 7) is 0. The molecule has 0 aliphatic heterocycles. The van der Waals surface area contributed by atoms with Crippen molar-refractivity contribution in [2.75, 3.05) is 14.2 Å². The van der Waals surface area contributed by atoms with Gasteiger partial charge in [0.1, 0.15) is 10.5 Å². The molecule has 1 aromatic rings. The van der Waals surface area contributed by atoms with E-state index in [0.717, 1.165) is 20.4 Å². The smallest absolute Gasteiger partial charge is 0.272 e. The van der Waals surface area contributed by atoms with E-state index < -0.39 is 38.5 Å². The fraction of sp³-hybridized carbons (Fsp3) is 0.375. The fourth-order valence-corrected chi connectivity index (χ4v) is 1.89. The van der Waals surface area contributed by atoms with Crippen LogP contribution in [0.15, 0.2) is 11.1 Å². The van der Waals surface area contributed by atoms with Crippen molar-refractivity contribution in [3.05, 3.63) is 11.8 Å². The zero-order valence-electron chi connectivity index (χ0n) is 8.98. The minimum Gasteiger partial charge on any atom is -0.495 e. The first kappa shape index (κ1) is 13.6. The third-order valence-corrected chi connectivity index (χ3v) is 2.82. The average Bonchev–Trinajstić information content (AvgIpc) is 2.25. The third kappa shape index (κ3) is 2.61. The van der Waals surface area contributed by atoms with Crippen LogP contribution in [-0.2, 0) is 10.0 Å². The number of nitrogens with two attached hydrogens (primary N) is 1. The maximum absolute atomic E-state index is 12.8. The van der Waals surface area contributed by atoms with Gasteiger partial charge in [-0.1, -0.05) is 0 Å². The molecule has 0 saturated carbocycles. The van der Waals surface area contributed by atoms with Gasteiger partial charge in [-0.3, -0.25) is 0 Å². The SMILES string of the molecule is COc1ncc(S(N)(=O)=O)c(OC)c1C(F)F. The molecule has 0 aliphatic carbocycles. The van der Waals surface area contributed by atoms with Crippen LogP contribution in [0, 0.1) is 0 Å². The molecule has 1 aromatic heterocycles. The Hall–Kier alpha value is -1.48. The van der Waals surface area contributed by atoms with Crippen molar-refractivity contribution in [2.24, 2.45) is 5.14 Å². The van der Waals surface area contributed by atoms with Gasteiger partial charge in [-0.05, 0) is 0 Å². The van der Waals surface area contributed by atoms with Gasteiger partial charge < -0.3 is 9.47 Å². The van der Waals surface area contributed by atoms with Crippen molar-refractivity contribution in [1.82, 2.24) is 4.98 Å². The summed E-state index contributed by atoms with van der Waals surface area (Å²) < 4.78 is 57.2. The maximum Gasteiger partial charge on any atom is 0.272 e. The molecule has 2 N–H and O–H groups in total. The Bertz CT molecular complexity index is 519. The van der Waals surface area contributed by atoms with E-state index in [4.69, 9.17) is 5.14 Å². The number of alkyl halides is 2. The summed E-state index contributed by atoms with van der Waals surface area (Å²) in [7, 11) is -2.02. The number of halogens is 2. The molecule has 0 saturated heterocycles. The molecule has 1 heterocycles. The van der Waals surface area contributed by atoms with E-state index in [2.05, 4.69) is 14.5 Å². The first-order valence-corrected chi connectivity index (χ1v) is 5.79. The first-order valence-electron chi connectivity index (χ1n) is 4.24. The molecule has 6 nitrogen and oxygen atoms in total. The third-order valence-electron chi connectivity index (χ3n) is 1.92. The minimum absolute atomic E-state index is 0.413. The van der Waals surface area contributed by atoms with E-state index in [0.29, 0.717) is 0 Å². The molecule has 0 fully saturated rings. The monoisotopic (exact) mass is 268 g/mol. The topological polar surface area (TPSA) is 91.5 Å². The molecule has 0 atom stereocenters. The van der Waals surface area contributed by atoms with Crippen molar-refractivity contribution in [2.45, 2.75) is 11.3 Å². The van der Waals surface area contributed by atoms with Crippen molar-refractivity contribution in [3.8, 4) is 11.6 Å². The van der Waals surface area contributed by atoms with E-state index >= 15 is 0 Å². The van der Waals surface area contributed by atoms with Gasteiger partial charge in [-0.2, -0.15) is 0 Å². The van der Waals surface area contributed by atoms with E-state index in [1.807, 2.05) is 0 Å². The molecule has 0 spiro atoms. The van der Waals surface area contributed by atoms with Crippen LogP contribution >= 0.6 is 0 Å². The van der Waals surface area contributed by atoms with Crippen LogP contribution in [0.4, 0.5) is 8.78 Å². The molecule has 0 aliphatic rings. The highest BCUT2D eigenvalue weighted by Crippen LogP contribution is 2.39. The lowest BCUT2D eigenvalue weighted by atomic mass is 10.2. The van der Waals surface area contributed by atoms with Crippen LogP contribution in [0.2, 0.25) is 0 Å². The Labute approximate surface area is 96.4 Å². The zero-order valence-corrected chi connectivity index (χ0v) is 9.79. The van der Waals surface area contributed by atoms with E-state index in [1.54, 1.807) is 0 Å². The fourth-order valence-electron chi connectivity index (χ4n) is 1.24. The molecule has 17 heavy (non-hydrogen) atoms. The Kier molecular flexibility index (Phi) is 3.83. The second-order valence-electron chi connectivity index (χ2n) is 2.92. The standard InChI is InChI=1S/C8H10F2N2O4S/c1-15-6-4(17(11,13)14)3-12-8(16-2)5(6)7(9)10/h3,7H,1-2H3,(H2,11,13,14). The van der Waals surface area contributed by atoms with Crippen molar-refractivity contribution < 1.29 is 26.7 Å². The summed E-state index contributed by atoms with van der Waals surface area (Å²) in [5.74, 6) is -0.974. The maximum atomic E-state index is 12.8. The number of aromatic nitrogens is 1. The lowest BCUT2D eigenvalue weighted by molar-refractivity contribution is 0.140. The second-order valence-corrected chi connectivity index (χ2v) is 4.45. The molecule has 1 rings (SSSR count). The Morgan fingerprint density at radius 2 is 1.94 bits per heavy atom. The van der Waals surface area contributed by atoms with Crippen LogP contribution < -0.4 is 14.6 Å². The van der Waals surface area contributed by atoms with Gasteiger partial charge in [0.15, 0.2) is 5.75 Å². The number of methoxy groups -OCH3 is 2. The summed E-state index contributed by atoms with van der Waals surface area (Å²) in [4.78, 5) is 2.84. The largest absolute Gasteiger partial charge is 0.495 e. The number of sulfonamides is 1. The normalized spacial score (nSPS) is 11.6. The summed E-state index contributed by atoms with van der Waals surface area (Å²) in [6, 6.07) is 0. The van der Waals surface area contributed by atoms with E-state index in [1.165, 1.54) is 0 Å². The highest BCUT2D eigenvalue weighted by molar-refractivity contribution is 7.89. The minimum atomic E-state index is -4.20. The zero-order chi connectivity index (χ0) is 13.2. The number of nitrogens with zero attached hydrogens (tertiary/aromatic N) is 1. The molecule has 9 heteroatoms. The van der Waals surface area contributed by atoms with Crippen LogP contribution in [0.5, 0.6) is 11.6 Å². The van der Waals surface area contributed by atoms with Gasteiger partial charge >= 0.3 is 0 Å². The Morgan fingerprint density at radius 1 is 1.35 bits per heavy atom. The highest BCUT2D eigenvalue weighted by Gasteiger charge is 2.28. The van der Waals surface area contributed by atoms with Crippen LogP contribution in [0.25, 0.3) is 0 Å².